The molecule has 0 aromatic heterocycles. The van der Waals surface area contributed by atoms with Gasteiger partial charge in [-0.25, -0.2) is 0 Å². The average Bonchev–Trinajstić information content (AvgIpc) is 2.78. The topological polar surface area (TPSA) is 91.0 Å². The van der Waals surface area contributed by atoms with Crippen molar-refractivity contribution in [1.29, 1.82) is 0 Å². The molecule has 1 saturated heterocycles. The minimum absolute atomic E-state index is 0.0144. The smallest absolute Gasteiger partial charge is 0.243 e. The maximum atomic E-state index is 12.3. The van der Waals surface area contributed by atoms with Gasteiger partial charge in [-0.05, 0) is 37.1 Å². The first-order valence-electron chi connectivity index (χ1n) is 10.8. The predicted octanol–water partition coefficient (Wildman–Crippen LogP) is 1.62. The van der Waals surface area contributed by atoms with Crippen LogP contribution in [0.25, 0.3) is 0 Å². The normalized spacial score (nSPS) is 17.3. The summed E-state index contributed by atoms with van der Waals surface area (Å²) in [5.41, 5.74) is 1.78. The Bertz CT molecular complexity index is 725. The van der Waals surface area contributed by atoms with Gasteiger partial charge in [0.25, 0.3) is 0 Å². The molecular weight excluding hydrogens is 384 g/mol. The van der Waals surface area contributed by atoms with Crippen LogP contribution in [0.2, 0.25) is 0 Å². The molecule has 1 heterocycles. The number of amides is 3. The van der Waals surface area contributed by atoms with E-state index in [-0.39, 0.29) is 36.7 Å². The minimum Gasteiger partial charge on any atom is -0.378 e. The molecule has 8 heteroatoms. The quantitative estimate of drug-likeness (QED) is 0.705. The second kappa shape index (κ2) is 11.0. The molecule has 2 aliphatic rings. The Morgan fingerprint density at radius 1 is 1.07 bits per heavy atom. The lowest BCUT2D eigenvalue weighted by Crippen LogP contribution is -2.43. The molecular formula is C22H32N4O4. The lowest BCUT2D eigenvalue weighted by Gasteiger charge is -2.28. The average molecular weight is 417 g/mol. The number of morpholine rings is 1. The van der Waals surface area contributed by atoms with E-state index >= 15 is 0 Å². The maximum absolute atomic E-state index is 12.3. The van der Waals surface area contributed by atoms with Gasteiger partial charge in [0.1, 0.15) is 0 Å². The van der Waals surface area contributed by atoms with Crippen LogP contribution in [0.15, 0.2) is 24.3 Å². The van der Waals surface area contributed by atoms with E-state index in [2.05, 4.69) is 15.5 Å². The van der Waals surface area contributed by atoms with E-state index in [0.29, 0.717) is 5.69 Å². The summed E-state index contributed by atoms with van der Waals surface area (Å²) in [6, 6.07) is 7.65. The molecule has 164 valence electrons. The van der Waals surface area contributed by atoms with Crippen molar-refractivity contribution in [3.63, 3.8) is 0 Å². The zero-order valence-electron chi connectivity index (χ0n) is 17.7. The number of nitrogens with zero attached hydrogens (tertiary/aromatic N) is 2. The lowest BCUT2D eigenvalue weighted by molar-refractivity contribution is -0.135. The fraction of sp³-hybridized carbons (Fsp3) is 0.591. The second-order valence-electron chi connectivity index (χ2n) is 8.00. The zero-order valence-corrected chi connectivity index (χ0v) is 17.7. The molecule has 0 bridgehead atoms. The third-order valence-electron chi connectivity index (χ3n) is 5.72. The third-order valence-corrected chi connectivity index (χ3v) is 5.72. The van der Waals surface area contributed by atoms with Crippen LogP contribution in [0.1, 0.15) is 32.1 Å². The van der Waals surface area contributed by atoms with Gasteiger partial charge in [0.15, 0.2) is 0 Å². The summed E-state index contributed by atoms with van der Waals surface area (Å²) in [6.07, 6.45) is 5.10. The first-order chi connectivity index (χ1) is 14.5. The number of hydrogen-bond donors (Lipinski definition) is 2. The largest absolute Gasteiger partial charge is 0.378 e. The zero-order chi connectivity index (χ0) is 21.3. The predicted molar refractivity (Wildman–Crippen MR) is 115 cm³/mol. The Morgan fingerprint density at radius 3 is 2.40 bits per heavy atom. The summed E-state index contributed by atoms with van der Waals surface area (Å²) in [4.78, 5) is 40.3. The fourth-order valence-electron chi connectivity index (χ4n) is 3.89. The lowest BCUT2D eigenvalue weighted by atomic mass is 9.89. The van der Waals surface area contributed by atoms with E-state index < -0.39 is 0 Å². The summed E-state index contributed by atoms with van der Waals surface area (Å²) >= 11 is 0. The summed E-state index contributed by atoms with van der Waals surface area (Å²) < 4.78 is 5.36. The van der Waals surface area contributed by atoms with Gasteiger partial charge in [-0.2, -0.15) is 0 Å². The summed E-state index contributed by atoms with van der Waals surface area (Å²) in [5.74, 6) is -0.595. The van der Waals surface area contributed by atoms with Crippen molar-refractivity contribution in [2.24, 2.45) is 5.92 Å². The Kier molecular flexibility index (Phi) is 8.07. The highest BCUT2D eigenvalue weighted by Crippen LogP contribution is 2.23. The second-order valence-corrected chi connectivity index (χ2v) is 8.00. The molecule has 2 fully saturated rings. The van der Waals surface area contributed by atoms with Gasteiger partial charge in [0.05, 0.1) is 26.3 Å². The molecule has 0 atom stereocenters. The van der Waals surface area contributed by atoms with Crippen molar-refractivity contribution >= 4 is 29.1 Å². The number of hydrogen-bond acceptors (Lipinski definition) is 5. The number of carbonyl (C=O) groups excluding carboxylic acids is 3. The van der Waals surface area contributed by atoms with Crippen LogP contribution in [0.3, 0.4) is 0 Å². The van der Waals surface area contributed by atoms with Crippen molar-refractivity contribution in [2.75, 3.05) is 56.7 Å². The Labute approximate surface area is 177 Å². The van der Waals surface area contributed by atoms with E-state index in [9.17, 15) is 14.4 Å². The molecule has 1 aromatic carbocycles. The van der Waals surface area contributed by atoms with Crippen LogP contribution < -0.4 is 15.5 Å². The number of nitrogens with one attached hydrogen (secondary N) is 2. The van der Waals surface area contributed by atoms with E-state index in [0.717, 1.165) is 57.7 Å². The number of ether oxygens (including phenoxy) is 1. The van der Waals surface area contributed by atoms with E-state index in [4.69, 9.17) is 4.74 Å². The van der Waals surface area contributed by atoms with Gasteiger partial charge in [-0.1, -0.05) is 19.3 Å². The van der Waals surface area contributed by atoms with E-state index in [1.165, 1.54) is 11.3 Å². The van der Waals surface area contributed by atoms with Gasteiger partial charge in [-0.15, -0.1) is 0 Å². The molecule has 0 radical (unpaired) electrons. The SMILES string of the molecule is CN(CC(=O)Nc1ccc(N2CCOCC2)cc1)C(=O)CNC(=O)C1CCCCC1. The van der Waals surface area contributed by atoms with Gasteiger partial charge < -0.3 is 25.2 Å². The van der Waals surface area contributed by atoms with Crippen LogP contribution in [0, 0.1) is 5.92 Å². The highest BCUT2D eigenvalue weighted by Gasteiger charge is 2.22. The summed E-state index contributed by atoms with van der Waals surface area (Å²) in [7, 11) is 1.57. The van der Waals surface area contributed by atoms with E-state index in [1.54, 1.807) is 7.05 Å². The monoisotopic (exact) mass is 416 g/mol. The van der Waals surface area contributed by atoms with Crippen molar-refractivity contribution < 1.29 is 19.1 Å². The van der Waals surface area contributed by atoms with Crippen LogP contribution in [-0.2, 0) is 19.1 Å². The number of anilines is 2. The number of carbonyl (C=O) groups is 3. The molecule has 3 amide bonds. The maximum Gasteiger partial charge on any atom is 0.243 e. The van der Waals surface area contributed by atoms with Crippen LogP contribution in [-0.4, -0.2) is 69.1 Å². The summed E-state index contributed by atoms with van der Waals surface area (Å²) in [5, 5.41) is 5.53. The molecule has 8 nitrogen and oxygen atoms in total. The van der Waals surface area contributed by atoms with Crippen molar-refractivity contribution in [3.05, 3.63) is 24.3 Å². The molecule has 0 unspecified atom stereocenters. The Balaban J connectivity index is 1.40. The molecule has 2 N–H and O–H groups in total. The van der Waals surface area contributed by atoms with Gasteiger partial charge in [-0.3, -0.25) is 14.4 Å². The number of benzene rings is 1. The Hall–Kier alpha value is -2.61. The number of rotatable bonds is 7. The van der Waals surface area contributed by atoms with Crippen molar-refractivity contribution in [1.82, 2.24) is 10.2 Å². The molecule has 1 aliphatic carbocycles. The highest BCUT2D eigenvalue weighted by atomic mass is 16.5. The molecule has 0 spiro atoms. The van der Waals surface area contributed by atoms with E-state index in [1.807, 2.05) is 24.3 Å². The standard InChI is InChI=1S/C22H32N4O4/c1-25(21(28)15-23-22(29)17-5-3-2-4-6-17)16-20(27)24-18-7-9-19(10-8-18)26-11-13-30-14-12-26/h7-10,17H,2-6,11-16H2,1H3,(H,23,29)(H,24,27). The summed E-state index contributed by atoms with van der Waals surface area (Å²) in [6.45, 7) is 3.02. The first-order valence-corrected chi connectivity index (χ1v) is 10.8. The van der Waals surface area contributed by atoms with Crippen molar-refractivity contribution in [3.8, 4) is 0 Å². The minimum atomic E-state index is -0.281. The molecule has 30 heavy (non-hydrogen) atoms. The first kappa shape index (κ1) is 22.1. The van der Waals surface area contributed by atoms with Crippen molar-refractivity contribution in [2.45, 2.75) is 32.1 Å². The third kappa shape index (κ3) is 6.45. The van der Waals surface area contributed by atoms with Crippen LogP contribution in [0.4, 0.5) is 11.4 Å². The molecule has 1 saturated carbocycles. The van der Waals surface area contributed by atoms with Gasteiger partial charge >= 0.3 is 0 Å². The van der Waals surface area contributed by atoms with Crippen LogP contribution in [0.5, 0.6) is 0 Å². The molecule has 1 aliphatic heterocycles. The molecule has 3 rings (SSSR count). The molecule has 1 aromatic rings. The highest BCUT2D eigenvalue weighted by molar-refractivity contribution is 5.95. The van der Waals surface area contributed by atoms with Gasteiger partial charge in [0.2, 0.25) is 17.7 Å². The van der Waals surface area contributed by atoms with Gasteiger partial charge in [0, 0.05) is 37.4 Å². The fourth-order valence-corrected chi connectivity index (χ4v) is 3.89. The van der Waals surface area contributed by atoms with Crippen LogP contribution >= 0.6 is 0 Å². The Morgan fingerprint density at radius 2 is 1.73 bits per heavy atom. The number of likely N-dealkylation sites (N-methyl/N-ethyl adjacent to an activating group) is 1.